The third-order valence-electron chi connectivity index (χ3n) is 3.80. The summed E-state index contributed by atoms with van der Waals surface area (Å²) in [5.41, 5.74) is 4.02. The minimum atomic E-state index is -0.642. The lowest BCUT2D eigenvalue weighted by atomic mass is 10.1. The molecule has 7 heteroatoms. The molecular formula is C20H21ClN2O4. The number of nitrogens with one attached hydrogen (secondary N) is 2. The van der Waals surface area contributed by atoms with Crippen molar-refractivity contribution >= 4 is 35.1 Å². The molecule has 0 aliphatic carbocycles. The van der Waals surface area contributed by atoms with Crippen LogP contribution in [0, 0.1) is 20.8 Å². The normalized spacial score (nSPS) is 10.2. The third-order valence-corrected chi connectivity index (χ3v) is 4.05. The maximum Gasteiger partial charge on any atom is 0.338 e. The molecule has 2 aromatic rings. The Kier molecular flexibility index (Phi) is 6.96. The van der Waals surface area contributed by atoms with Crippen molar-refractivity contribution in [3.63, 3.8) is 0 Å². The second-order valence-corrected chi connectivity index (χ2v) is 6.62. The monoisotopic (exact) mass is 388 g/mol. The fourth-order valence-electron chi connectivity index (χ4n) is 2.59. The molecule has 0 aliphatic heterocycles. The van der Waals surface area contributed by atoms with Gasteiger partial charge in [-0.25, -0.2) is 4.79 Å². The summed E-state index contributed by atoms with van der Waals surface area (Å²) in [6.07, 6.45) is 0. The topological polar surface area (TPSA) is 84.5 Å². The van der Waals surface area contributed by atoms with Crippen LogP contribution in [0.15, 0.2) is 36.4 Å². The van der Waals surface area contributed by atoms with Crippen molar-refractivity contribution in [2.45, 2.75) is 20.8 Å². The molecule has 2 rings (SSSR count). The number of anilines is 1. The van der Waals surface area contributed by atoms with Crippen molar-refractivity contribution in [3.8, 4) is 0 Å². The minimum absolute atomic E-state index is 0.218. The van der Waals surface area contributed by atoms with Gasteiger partial charge in [-0.2, -0.15) is 0 Å². The lowest BCUT2D eigenvalue weighted by Crippen LogP contribution is -2.35. The first kappa shape index (κ1) is 20.5. The maximum atomic E-state index is 12.1. The lowest BCUT2D eigenvalue weighted by Gasteiger charge is -2.13. The quantitative estimate of drug-likeness (QED) is 0.744. The molecule has 2 N–H and O–H groups in total. The van der Waals surface area contributed by atoms with Crippen LogP contribution < -0.4 is 10.6 Å². The second-order valence-electron chi connectivity index (χ2n) is 6.18. The Morgan fingerprint density at radius 1 is 0.963 bits per heavy atom. The second kappa shape index (κ2) is 9.19. The first-order valence-corrected chi connectivity index (χ1v) is 8.71. The molecule has 142 valence electrons. The highest BCUT2D eigenvalue weighted by Gasteiger charge is 2.12. The Balaban J connectivity index is 1.79. The number of hydrogen-bond donors (Lipinski definition) is 2. The molecule has 0 aromatic heterocycles. The number of carbonyl (C=O) groups is 3. The molecule has 0 saturated heterocycles. The van der Waals surface area contributed by atoms with Gasteiger partial charge in [-0.3, -0.25) is 9.59 Å². The van der Waals surface area contributed by atoms with Crippen molar-refractivity contribution in [3.05, 3.63) is 63.7 Å². The summed E-state index contributed by atoms with van der Waals surface area (Å²) in [6, 6.07) is 10.1. The van der Waals surface area contributed by atoms with E-state index in [9.17, 15) is 14.4 Å². The number of carbonyl (C=O) groups excluding carboxylic acids is 3. The Morgan fingerprint density at radius 2 is 1.56 bits per heavy atom. The smallest absolute Gasteiger partial charge is 0.338 e. The standard InChI is InChI=1S/C20H21ClN2O4/c1-12-8-13(2)19(14(3)9-12)23-17(24)10-22-18(25)11-27-20(26)15-4-6-16(21)7-5-15/h4-9H,10-11H2,1-3H3,(H,22,25)(H,23,24). The van der Waals surface area contributed by atoms with E-state index in [4.69, 9.17) is 16.3 Å². The maximum absolute atomic E-state index is 12.1. The van der Waals surface area contributed by atoms with Gasteiger partial charge >= 0.3 is 5.97 Å². The molecule has 6 nitrogen and oxygen atoms in total. The van der Waals surface area contributed by atoms with E-state index in [-0.39, 0.29) is 18.0 Å². The lowest BCUT2D eigenvalue weighted by molar-refractivity contribution is -0.126. The predicted molar refractivity (Wildman–Crippen MR) is 104 cm³/mol. The molecule has 0 unspecified atom stereocenters. The van der Waals surface area contributed by atoms with Crippen LogP contribution in [0.25, 0.3) is 0 Å². The summed E-state index contributed by atoms with van der Waals surface area (Å²) in [6.45, 7) is 5.10. The molecule has 27 heavy (non-hydrogen) atoms. The van der Waals surface area contributed by atoms with E-state index >= 15 is 0 Å². The average molecular weight is 389 g/mol. The highest BCUT2D eigenvalue weighted by Crippen LogP contribution is 2.21. The molecule has 0 heterocycles. The first-order valence-electron chi connectivity index (χ1n) is 8.33. The van der Waals surface area contributed by atoms with Crippen molar-refractivity contribution in [2.24, 2.45) is 0 Å². The molecule has 0 atom stereocenters. The van der Waals surface area contributed by atoms with E-state index in [1.165, 1.54) is 12.1 Å². The minimum Gasteiger partial charge on any atom is -0.452 e. The summed E-state index contributed by atoms with van der Waals surface area (Å²) < 4.78 is 4.91. The van der Waals surface area contributed by atoms with Crippen LogP contribution in [0.4, 0.5) is 5.69 Å². The van der Waals surface area contributed by atoms with Gasteiger partial charge < -0.3 is 15.4 Å². The highest BCUT2D eigenvalue weighted by molar-refractivity contribution is 6.30. The van der Waals surface area contributed by atoms with Gasteiger partial charge in [0, 0.05) is 10.7 Å². The van der Waals surface area contributed by atoms with Crippen molar-refractivity contribution in [2.75, 3.05) is 18.5 Å². The zero-order chi connectivity index (χ0) is 20.0. The van der Waals surface area contributed by atoms with Crippen LogP contribution >= 0.6 is 11.6 Å². The number of aryl methyl sites for hydroxylation is 3. The molecule has 0 bridgehead atoms. The van der Waals surface area contributed by atoms with Gasteiger partial charge in [-0.15, -0.1) is 0 Å². The van der Waals surface area contributed by atoms with Gasteiger partial charge in [0.15, 0.2) is 6.61 Å². The molecule has 2 amide bonds. The number of benzene rings is 2. The molecule has 0 aliphatic rings. The van der Waals surface area contributed by atoms with Crippen LogP contribution in [-0.4, -0.2) is 30.9 Å². The van der Waals surface area contributed by atoms with E-state index in [1.807, 2.05) is 32.9 Å². The highest BCUT2D eigenvalue weighted by atomic mass is 35.5. The molecule has 0 spiro atoms. The number of esters is 1. The Labute approximate surface area is 162 Å². The van der Waals surface area contributed by atoms with E-state index < -0.39 is 18.5 Å². The fourth-order valence-corrected chi connectivity index (χ4v) is 2.72. The Morgan fingerprint density at radius 3 is 2.15 bits per heavy atom. The van der Waals surface area contributed by atoms with Gasteiger partial charge in [0.25, 0.3) is 5.91 Å². The molecule has 0 fully saturated rings. The van der Waals surface area contributed by atoms with Crippen molar-refractivity contribution < 1.29 is 19.1 Å². The summed E-state index contributed by atoms with van der Waals surface area (Å²) in [7, 11) is 0. The van der Waals surface area contributed by atoms with Crippen molar-refractivity contribution in [1.82, 2.24) is 5.32 Å². The number of halogens is 1. The van der Waals surface area contributed by atoms with Crippen LogP contribution in [0.3, 0.4) is 0 Å². The number of hydrogen-bond acceptors (Lipinski definition) is 4. The Hall–Kier alpha value is -2.86. The van der Waals surface area contributed by atoms with Crippen LogP contribution in [0.2, 0.25) is 5.02 Å². The summed E-state index contributed by atoms with van der Waals surface area (Å²) in [5.74, 6) is -1.57. The number of rotatable bonds is 6. The number of ether oxygens (including phenoxy) is 1. The summed E-state index contributed by atoms with van der Waals surface area (Å²) >= 11 is 5.75. The largest absolute Gasteiger partial charge is 0.452 e. The first-order chi connectivity index (χ1) is 12.8. The van der Waals surface area contributed by atoms with Gasteiger partial charge in [0.05, 0.1) is 12.1 Å². The average Bonchev–Trinajstić information content (AvgIpc) is 2.61. The predicted octanol–water partition coefficient (Wildman–Crippen LogP) is 3.18. The SMILES string of the molecule is Cc1cc(C)c(NC(=O)CNC(=O)COC(=O)c2ccc(Cl)cc2)c(C)c1. The van der Waals surface area contributed by atoms with Gasteiger partial charge in [-0.1, -0.05) is 29.3 Å². The van der Waals surface area contributed by atoms with Gasteiger partial charge in [0.2, 0.25) is 5.91 Å². The number of amides is 2. The van der Waals surface area contributed by atoms with E-state index in [2.05, 4.69) is 10.6 Å². The van der Waals surface area contributed by atoms with Crippen LogP contribution in [0.5, 0.6) is 0 Å². The molecule has 0 radical (unpaired) electrons. The van der Waals surface area contributed by atoms with Crippen molar-refractivity contribution in [1.29, 1.82) is 0 Å². The zero-order valence-corrected chi connectivity index (χ0v) is 16.1. The Bertz CT molecular complexity index is 840. The van der Waals surface area contributed by atoms with Gasteiger partial charge in [0.1, 0.15) is 0 Å². The fraction of sp³-hybridized carbons (Fsp3) is 0.250. The van der Waals surface area contributed by atoms with E-state index in [0.29, 0.717) is 5.02 Å². The zero-order valence-electron chi connectivity index (χ0n) is 15.4. The van der Waals surface area contributed by atoms with Crippen LogP contribution in [0.1, 0.15) is 27.0 Å². The van der Waals surface area contributed by atoms with Crippen LogP contribution in [-0.2, 0) is 14.3 Å². The molecule has 0 saturated carbocycles. The molecular weight excluding hydrogens is 368 g/mol. The third kappa shape index (κ3) is 6.11. The summed E-state index contributed by atoms with van der Waals surface area (Å²) in [4.78, 5) is 35.6. The summed E-state index contributed by atoms with van der Waals surface area (Å²) in [5, 5.41) is 5.70. The van der Waals surface area contributed by atoms with E-state index in [0.717, 1.165) is 22.4 Å². The molecule has 2 aromatic carbocycles. The van der Waals surface area contributed by atoms with Gasteiger partial charge in [-0.05, 0) is 56.2 Å². The van der Waals surface area contributed by atoms with E-state index in [1.54, 1.807) is 12.1 Å².